The van der Waals surface area contributed by atoms with E-state index in [0.29, 0.717) is 59.0 Å². The molecule has 3 aromatic carbocycles. The molecule has 0 unspecified atom stereocenters. The van der Waals surface area contributed by atoms with Crippen molar-refractivity contribution in [1.82, 2.24) is 9.64 Å². The molecule has 0 saturated carbocycles. The fourth-order valence-electron chi connectivity index (χ4n) is 7.21. The molecule has 7 rings (SSSR count). The lowest BCUT2D eigenvalue weighted by Gasteiger charge is -2.42. The number of hydroxylamine groups is 2. The van der Waals surface area contributed by atoms with E-state index in [0.717, 1.165) is 22.2 Å². The van der Waals surface area contributed by atoms with Crippen LogP contribution in [0.2, 0.25) is 20.1 Å². The first-order chi connectivity index (χ1) is 24.7. The molecular weight excluding hydrogens is 752 g/mol. The van der Waals surface area contributed by atoms with Crippen LogP contribution < -0.4 is 29.9 Å². The van der Waals surface area contributed by atoms with Gasteiger partial charge in [0.15, 0.2) is 6.54 Å². The van der Waals surface area contributed by atoms with Crippen molar-refractivity contribution in [2.24, 2.45) is 0 Å². The molecule has 0 radical (unpaired) electrons. The lowest BCUT2D eigenvalue weighted by molar-refractivity contribution is -0.255. The Morgan fingerprint density at radius 1 is 0.942 bits per heavy atom. The Bertz CT molecular complexity index is 2320. The quantitative estimate of drug-likeness (QED) is 0.0989. The Labute approximate surface area is 318 Å². The molecule has 4 aliphatic rings. The van der Waals surface area contributed by atoms with Gasteiger partial charge in [-0.05, 0) is 50.6 Å². The third-order valence-electron chi connectivity index (χ3n) is 9.68. The molecule has 1 saturated heterocycles. The molecule has 4 heterocycles. The van der Waals surface area contributed by atoms with Gasteiger partial charge >= 0.3 is 5.97 Å². The van der Waals surface area contributed by atoms with Crippen molar-refractivity contribution in [3.63, 3.8) is 0 Å². The second-order valence-corrected chi connectivity index (χ2v) is 14.8. The van der Waals surface area contributed by atoms with Crippen molar-refractivity contribution < 1.29 is 33.9 Å². The maximum atomic E-state index is 12.8. The van der Waals surface area contributed by atoms with Gasteiger partial charge < -0.3 is 24.4 Å². The standard InChI is InChI=1S/C38H31Cl4N3O7/c1-4-44-24-18-26-22(16-20(24)11-12-38(44,2)3)30(31-32(37(49)50)34(40)36(42)35(41)33(31)39)21-15-19-7-5-13-43(23(19)17-25(21)51-26)14-6-8-29(48)52-45-27(46)9-10-28(45)47/h5,7,11-12,15-18H,4,6,8-10,13-14H2,1-3H3. The summed E-state index contributed by atoms with van der Waals surface area (Å²) in [5.74, 6) is -2.45. The summed E-state index contributed by atoms with van der Waals surface area (Å²) in [6.45, 7) is 7.98. The number of imide groups is 1. The largest absolute Gasteiger partial charge is 0.545 e. The number of hydrogen-bond acceptors (Lipinski definition) is 8. The molecule has 3 aromatic rings. The maximum absolute atomic E-state index is 12.8. The number of rotatable bonds is 8. The van der Waals surface area contributed by atoms with Crippen LogP contribution in [-0.4, -0.2) is 54.0 Å². The number of carboxylic acids is 1. The van der Waals surface area contributed by atoms with Crippen molar-refractivity contribution in [2.45, 2.75) is 52.0 Å². The number of fused-ring (bicyclic) bond motifs is 4. The molecule has 0 spiro atoms. The number of ether oxygens (including phenoxy) is 1. The minimum atomic E-state index is -1.58. The number of nitrogens with zero attached hydrogens (tertiary/aromatic N) is 3. The summed E-state index contributed by atoms with van der Waals surface area (Å²) in [4.78, 5) is 56.3. The van der Waals surface area contributed by atoms with Gasteiger partial charge in [0.05, 0.1) is 44.1 Å². The van der Waals surface area contributed by atoms with Crippen molar-refractivity contribution in [1.29, 1.82) is 0 Å². The smallest absolute Gasteiger partial charge is 0.333 e. The molecule has 268 valence electrons. The maximum Gasteiger partial charge on any atom is 0.333 e. The monoisotopic (exact) mass is 781 g/mol. The molecule has 4 aliphatic heterocycles. The highest BCUT2D eigenvalue weighted by molar-refractivity contribution is 6.53. The van der Waals surface area contributed by atoms with Crippen LogP contribution in [0.4, 0.5) is 5.69 Å². The Morgan fingerprint density at radius 3 is 2.35 bits per heavy atom. The molecule has 0 aliphatic carbocycles. The molecule has 0 N–H and O–H groups in total. The number of amides is 2. The number of benzene rings is 3. The number of carbonyl (C=O) groups excluding carboxylic acids is 4. The zero-order valence-electron chi connectivity index (χ0n) is 28.3. The molecule has 1 fully saturated rings. The van der Waals surface area contributed by atoms with Crippen LogP contribution in [0.15, 0.2) is 36.4 Å². The SMILES string of the molecule is CCN1c2cc3c(cc2C=CC1(C)C)C(c1c(Cl)c(Cl)c(Cl)c(Cl)c1C(=O)[O-])=c1cc2c(cc1O3)=[N+](CCCC(=O)ON1C(=O)CCC1=O)CC=C2. The average Bonchev–Trinajstić information content (AvgIpc) is 3.41. The van der Waals surface area contributed by atoms with Crippen LogP contribution in [0.5, 0.6) is 11.5 Å². The number of halogens is 4. The molecule has 14 heteroatoms. The third kappa shape index (κ3) is 6.05. The average molecular weight is 783 g/mol. The van der Waals surface area contributed by atoms with E-state index in [4.69, 9.17) is 56.0 Å². The predicted octanol–water partition coefficient (Wildman–Crippen LogP) is 5.55. The van der Waals surface area contributed by atoms with Gasteiger partial charge in [-0.1, -0.05) is 58.6 Å². The lowest BCUT2D eigenvalue weighted by Crippen LogP contribution is -2.44. The lowest BCUT2D eigenvalue weighted by atomic mass is 9.86. The number of anilines is 1. The Morgan fingerprint density at radius 2 is 1.65 bits per heavy atom. The zero-order valence-corrected chi connectivity index (χ0v) is 31.3. The Hall–Kier alpha value is -4.35. The van der Waals surface area contributed by atoms with Crippen molar-refractivity contribution in [3.05, 3.63) is 94.9 Å². The highest BCUT2D eigenvalue weighted by Crippen LogP contribution is 2.49. The number of hydrogen-bond donors (Lipinski definition) is 0. The summed E-state index contributed by atoms with van der Waals surface area (Å²) in [7, 11) is 0. The molecular formula is C38H31Cl4N3O7. The number of carbonyl (C=O) groups is 4. The summed E-state index contributed by atoms with van der Waals surface area (Å²) >= 11 is 26.4. The summed E-state index contributed by atoms with van der Waals surface area (Å²) in [6, 6.07) is 7.62. The van der Waals surface area contributed by atoms with Crippen LogP contribution in [0.3, 0.4) is 0 Å². The van der Waals surface area contributed by atoms with E-state index in [-0.39, 0.29) is 50.5 Å². The molecule has 0 bridgehead atoms. The highest BCUT2D eigenvalue weighted by atomic mass is 35.5. The zero-order chi connectivity index (χ0) is 37.2. The van der Waals surface area contributed by atoms with Gasteiger partial charge in [-0.2, -0.15) is 0 Å². The van der Waals surface area contributed by atoms with Gasteiger partial charge in [0.2, 0.25) is 5.36 Å². The number of likely N-dealkylation sites (N-methyl/N-ethyl adjacent to an activating group) is 1. The number of carboxylic acid groups (broad SMARTS) is 1. The molecule has 10 nitrogen and oxygen atoms in total. The minimum Gasteiger partial charge on any atom is -0.545 e. The van der Waals surface area contributed by atoms with Crippen LogP contribution >= 0.6 is 46.4 Å². The van der Waals surface area contributed by atoms with Crippen molar-refractivity contribution >= 4 is 93.6 Å². The van der Waals surface area contributed by atoms with E-state index in [1.165, 1.54) is 0 Å². The first kappa shape index (κ1) is 36.0. The summed E-state index contributed by atoms with van der Waals surface area (Å²) in [6.07, 6.45) is 8.43. The van der Waals surface area contributed by atoms with E-state index in [1.807, 2.05) is 42.5 Å². The summed E-state index contributed by atoms with van der Waals surface area (Å²) in [5.41, 5.74) is 2.96. The van der Waals surface area contributed by atoms with Gasteiger partial charge in [0, 0.05) is 70.6 Å². The first-order valence-corrected chi connectivity index (χ1v) is 18.2. The third-order valence-corrected chi connectivity index (χ3v) is 11.5. The second-order valence-electron chi connectivity index (χ2n) is 13.3. The highest BCUT2D eigenvalue weighted by Gasteiger charge is 2.35. The van der Waals surface area contributed by atoms with Crippen LogP contribution in [0, 0.1) is 0 Å². The van der Waals surface area contributed by atoms with E-state index in [1.54, 1.807) is 0 Å². The molecule has 2 amide bonds. The van der Waals surface area contributed by atoms with Gasteiger partial charge in [0.25, 0.3) is 11.8 Å². The van der Waals surface area contributed by atoms with Crippen molar-refractivity contribution in [2.75, 3.05) is 24.5 Å². The molecule has 0 aromatic heterocycles. The minimum absolute atomic E-state index is 0.0200. The van der Waals surface area contributed by atoms with Crippen LogP contribution in [0.1, 0.15) is 79.1 Å². The van der Waals surface area contributed by atoms with E-state index in [9.17, 15) is 24.3 Å². The fourth-order valence-corrected chi connectivity index (χ4v) is 8.23. The van der Waals surface area contributed by atoms with Gasteiger partial charge in [-0.3, -0.25) is 9.59 Å². The van der Waals surface area contributed by atoms with Gasteiger partial charge in [-0.25, -0.2) is 9.37 Å². The summed E-state index contributed by atoms with van der Waals surface area (Å²) < 4.78 is 8.73. The van der Waals surface area contributed by atoms with Crippen molar-refractivity contribution in [3.8, 4) is 11.5 Å². The predicted molar refractivity (Wildman–Crippen MR) is 197 cm³/mol. The van der Waals surface area contributed by atoms with Gasteiger partial charge in [0.1, 0.15) is 18.0 Å². The topological polar surface area (TPSA) is 119 Å². The normalized spacial score (nSPS) is 16.8. The van der Waals surface area contributed by atoms with E-state index >= 15 is 0 Å². The molecule has 52 heavy (non-hydrogen) atoms. The summed E-state index contributed by atoms with van der Waals surface area (Å²) in [5, 5.41) is 13.9. The second kappa shape index (κ2) is 13.6. The fraction of sp³-hybridized carbons (Fsp3) is 0.289. The Kier molecular flexibility index (Phi) is 9.40. The van der Waals surface area contributed by atoms with E-state index in [2.05, 4.69) is 36.3 Å². The van der Waals surface area contributed by atoms with Gasteiger partial charge in [-0.15, -0.1) is 5.06 Å². The van der Waals surface area contributed by atoms with E-state index < -0.39 is 29.3 Å². The van der Waals surface area contributed by atoms with Crippen LogP contribution in [-0.2, 0) is 19.2 Å². The Balaban J connectivity index is 1.40. The first-order valence-electron chi connectivity index (χ1n) is 16.7. The van der Waals surface area contributed by atoms with Crippen LogP contribution in [0.25, 0.3) is 17.7 Å². The number of aromatic carboxylic acids is 1. The molecule has 0 atom stereocenters.